The fourth-order valence-corrected chi connectivity index (χ4v) is 2.24. The molecule has 1 amide bonds. The van der Waals surface area contributed by atoms with Crippen molar-refractivity contribution in [1.82, 2.24) is 5.32 Å². The quantitative estimate of drug-likeness (QED) is 0.831. The second kappa shape index (κ2) is 5.72. The van der Waals surface area contributed by atoms with E-state index in [-0.39, 0.29) is 5.91 Å². The summed E-state index contributed by atoms with van der Waals surface area (Å²) < 4.78 is 0. The molecule has 1 aliphatic carbocycles. The minimum atomic E-state index is -0.0239. The Morgan fingerprint density at radius 1 is 1.44 bits per heavy atom. The first-order valence-corrected chi connectivity index (χ1v) is 6.77. The number of nitrogens with one attached hydrogen (secondary N) is 2. The second-order valence-corrected chi connectivity index (χ2v) is 5.45. The molecule has 1 fully saturated rings. The maximum absolute atomic E-state index is 11.7. The molecule has 18 heavy (non-hydrogen) atoms. The number of amides is 1. The first-order valence-electron chi connectivity index (χ1n) is 6.40. The molecular weight excluding hydrogens is 248 g/mol. The van der Waals surface area contributed by atoms with Gasteiger partial charge in [0.2, 0.25) is 5.91 Å². The third-order valence-corrected chi connectivity index (χ3v) is 3.84. The van der Waals surface area contributed by atoms with E-state index < -0.39 is 0 Å². The summed E-state index contributed by atoms with van der Waals surface area (Å²) in [5.74, 6) is -0.0239. The summed E-state index contributed by atoms with van der Waals surface area (Å²) in [7, 11) is 0. The van der Waals surface area contributed by atoms with Crippen LogP contribution in [-0.2, 0) is 4.79 Å². The van der Waals surface area contributed by atoms with Crippen LogP contribution in [0.25, 0.3) is 0 Å². The van der Waals surface area contributed by atoms with Crippen LogP contribution in [0.1, 0.15) is 26.2 Å². The summed E-state index contributed by atoms with van der Waals surface area (Å²) in [6.45, 7) is 3.50. The van der Waals surface area contributed by atoms with E-state index in [2.05, 4.69) is 17.6 Å². The third kappa shape index (κ3) is 3.72. The molecule has 0 radical (unpaired) electrons. The molecule has 0 bridgehead atoms. The van der Waals surface area contributed by atoms with Crippen molar-refractivity contribution >= 4 is 23.2 Å². The van der Waals surface area contributed by atoms with Gasteiger partial charge >= 0.3 is 0 Å². The zero-order valence-electron chi connectivity index (χ0n) is 10.6. The van der Waals surface area contributed by atoms with Gasteiger partial charge in [-0.3, -0.25) is 4.79 Å². The van der Waals surface area contributed by atoms with E-state index in [1.54, 1.807) is 12.1 Å². The second-order valence-electron chi connectivity index (χ2n) is 5.02. The molecule has 0 saturated heterocycles. The molecule has 0 heterocycles. The zero-order chi connectivity index (χ0) is 13.0. The maximum Gasteiger partial charge on any atom is 0.238 e. The van der Waals surface area contributed by atoms with Crippen LogP contribution >= 0.6 is 11.6 Å². The lowest BCUT2D eigenvalue weighted by Crippen LogP contribution is -2.32. The summed E-state index contributed by atoms with van der Waals surface area (Å²) in [5, 5.41) is 6.68. The third-order valence-electron chi connectivity index (χ3n) is 3.60. The number of carbonyl (C=O) groups is 1. The first kappa shape index (κ1) is 13.4. The standard InChI is InChI=1S/C14H19ClN2O/c1-2-14(6-7-14)10-16-9-13(18)17-12-5-3-4-11(15)8-12/h3-5,8,16H,2,6-7,9-10H2,1H3,(H,17,18). The number of benzene rings is 1. The van der Waals surface area contributed by atoms with Gasteiger partial charge in [0.1, 0.15) is 0 Å². The van der Waals surface area contributed by atoms with Crippen molar-refractivity contribution in [2.45, 2.75) is 26.2 Å². The average Bonchev–Trinajstić information content (AvgIpc) is 3.10. The van der Waals surface area contributed by atoms with Crippen LogP contribution < -0.4 is 10.6 Å². The molecule has 1 aliphatic rings. The highest BCUT2D eigenvalue weighted by atomic mass is 35.5. The van der Waals surface area contributed by atoms with Gasteiger partial charge in [0, 0.05) is 17.3 Å². The molecule has 0 unspecified atom stereocenters. The molecule has 1 aromatic carbocycles. The van der Waals surface area contributed by atoms with E-state index in [4.69, 9.17) is 11.6 Å². The Morgan fingerprint density at radius 2 is 2.22 bits per heavy atom. The Kier molecular flexibility index (Phi) is 4.25. The smallest absolute Gasteiger partial charge is 0.238 e. The summed E-state index contributed by atoms with van der Waals surface area (Å²) in [5.41, 5.74) is 1.21. The van der Waals surface area contributed by atoms with Crippen LogP contribution in [-0.4, -0.2) is 19.0 Å². The SMILES string of the molecule is CCC1(CNCC(=O)Nc2cccc(Cl)c2)CC1. The summed E-state index contributed by atoms with van der Waals surface area (Å²) in [6.07, 6.45) is 3.76. The van der Waals surface area contributed by atoms with E-state index in [1.807, 2.05) is 12.1 Å². The predicted octanol–water partition coefficient (Wildman–Crippen LogP) is 3.06. The molecule has 0 atom stereocenters. The van der Waals surface area contributed by atoms with E-state index in [9.17, 15) is 4.79 Å². The number of halogens is 1. The van der Waals surface area contributed by atoms with Crippen LogP contribution in [0.5, 0.6) is 0 Å². The van der Waals surface area contributed by atoms with E-state index in [0.29, 0.717) is 17.0 Å². The molecule has 0 spiro atoms. The summed E-state index contributed by atoms with van der Waals surface area (Å²) >= 11 is 5.85. The number of hydrogen-bond donors (Lipinski definition) is 2. The Bertz CT molecular complexity index is 430. The lowest BCUT2D eigenvalue weighted by atomic mass is 10.0. The Morgan fingerprint density at radius 3 is 2.83 bits per heavy atom. The van der Waals surface area contributed by atoms with Crippen molar-refractivity contribution < 1.29 is 4.79 Å². The van der Waals surface area contributed by atoms with Gasteiger partial charge in [-0.25, -0.2) is 0 Å². The van der Waals surface area contributed by atoms with Crippen LogP contribution in [0.3, 0.4) is 0 Å². The van der Waals surface area contributed by atoms with Crippen LogP contribution in [0, 0.1) is 5.41 Å². The number of hydrogen-bond acceptors (Lipinski definition) is 2. The van der Waals surface area contributed by atoms with Gasteiger partial charge in [0.25, 0.3) is 0 Å². The van der Waals surface area contributed by atoms with Crippen molar-refractivity contribution in [2.24, 2.45) is 5.41 Å². The van der Waals surface area contributed by atoms with Gasteiger partial charge in [0.15, 0.2) is 0 Å². The van der Waals surface area contributed by atoms with Crippen molar-refractivity contribution in [3.63, 3.8) is 0 Å². The monoisotopic (exact) mass is 266 g/mol. The van der Waals surface area contributed by atoms with Gasteiger partial charge in [-0.15, -0.1) is 0 Å². The van der Waals surface area contributed by atoms with Crippen LogP contribution in [0.15, 0.2) is 24.3 Å². The molecule has 0 aliphatic heterocycles. The summed E-state index contributed by atoms with van der Waals surface area (Å²) in [6, 6.07) is 7.18. The normalized spacial score (nSPS) is 16.3. The van der Waals surface area contributed by atoms with E-state index in [0.717, 1.165) is 12.2 Å². The molecule has 0 aromatic heterocycles. The number of carbonyl (C=O) groups excluding carboxylic acids is 1. The largest absolute Gasteiger partial charge is 0.325 e. The van der Waals surface area contributed by atoms with Gasteiger partial charge in [-0.2, -0.15) is 0 Å². The highest BCUT2D eigenvalue weighted by Gasteiger charge is 2.39. The number of rotatable bonds is 6. The van der Waals surface area contributed by atoms with Crippen molar-refractivity contribution in [1.29, 1.82) is 0 Å². The Hall–Kier alpha value is -1.06. The minimum absolute atomic E-state index is 0.0239. The fraction of sp³-hybridized carbons (Fsp3) is 0.500. The fourth-order valence-electron chi connectivity index (χ4n) is 2.04. The lowest BCUT2D eigenvalue weighted by molar-refractivity contribution is -0.115. The Balaban J connectivity index is 1.72. The first-order chi connectivity index (χ1) is 8.63. The minimum Gasteiger partial charge on any atom is -0.325 e. The molecular formula is C14H19ClN2O. The molecule has 3 nitrogen and oxygen atoms in total. The highest BCUT2D eigenvalue weighted by Crippen LogP contribution is 2.47. The molecule has 2 rings (SSSR count). The topological polar surface area (TPSA) is 41.1 Å². The van der Waals surface area contributed by atoms with Gasteiger partial charge in [0.05, 0.1) is 6.54 Å². The predicted molar refractivity (Wildman–Crippen MR) is 74.9 cm³/mol. The molecule has 98 valence electrons. The average molecular weight is 267 g/mol. The molecule has 1 saturated carbocycles. The lowest BCUT2D eigenvalue weighted by Gasteiger charge is -2.13. The van der Waals surface area contributed by atoms with E-state index >= 15 is 0 Å². The van der Waals surface area contributed by atoms with Gasteiger partial charge in [-0.1, -0.05) is 24.6 Å². The molecule has 2 N–H and O–H groups in total. The van der Waals surface area contributed by atoms with Crippen LogP contribution in [0.4, 0.5) is 5.69 Å². The maximum atomic E-state index is 11.7. The van der Waals surface area contributed by atoms with Gasteiger partial charge < -0.3 is 10.6 Å². The number of anilines is 1. The van der Waals surface area contributed by atoms with Gasteiger partial charge in [-0.05, 0) is 42.9 Å². The highest BCUT2D eigenvalue weighted by molar-refractivity contribution is 6.30. The molecule has 4 heteroatoms. The van der Waals surface area contributed by atoms with E-state index in [1.165, 1.54) is 19.3 Å². The van der Waals surface area contributed by atoms with Crippen molar-refractivity contribution in [2.75, 3.05) is 18.4 Å². The zero-order valence-corrected chi connectivity index (χ0v) is 11.4. The Labute approximate surface area is 113 Å². The van der Waals surface area contributed by atoms with Crippen molar-refractivity contribution in [3.8, 4) is 0 Å². The summed E-state index contributed by atoms with van der Waals surface area (Å²) in [4.78, 5) is 11.7. The van der Waals surface area contributed by atoms with Crippen LogP contribution in [0.2, 0.25) is 5.02 Å². The van der Waals surface area contributed by atoms with Crippen molar-refractivity contribution in [3.05, 3.63) is 29.3 Å². The molecule has 1 aromatic rings.